The van der Waals surface area contributed by atoms with Gasteiger partial charge in [0.2, 0.25) is 0 Å². The minimum Gasteiger partial charge on any atom is -0.309 e. The molecule has 5 heteroatoms. The summed E-state index contributed by atoms with van der Waals surface area (Å²) < 4.78 is 1.81. The van der Waals surface area contributed by atoms with Crippen LogP contribution in [-0.4, -0.2) is 21.3 Å². The Labute approximate surface area is 112 Å². The normalized spacial score (nSPS) is 12.6. The zero-order valence-electron chi connectivity index (χ0n) is 10.6. The number of pyridine rings is 1. The van der Waals surface area contributed by atoms with Gasteiger partial charge in [-0.2, -0.15) is 5.10 Å². The molecule has 1 atom stereocenters. The van der Waals surface area contributed by atoms with Gasteiger partial charge in [0.1, 0.15) is 0 Å². The van der Waals surface area contributed by atoms with Gasteiger partial charge in [-0.05, 0) is 30.7 Å². The summed E-state index contributed by atoms with van der Waals surface area (Å²) in [6, 6.07) is 4.03. The van der Waals surface area contributed by atoms with Crippen LogP contribution in [-0.2, 0) is 13.5 Å². The highest BCUT2D eigenvalue weighted by Gasteiger charge is 2.13. The Bertz CT molecular complexity index is 492. The fraction of sp³-hybridized carbons (Fsp3) is 0.385. The average molecular weight is 265 g/mol. The van der Waals surface area contributed by atoms with E-state index in [1.807, 2.05) is 36.3 Å². The van der Waals surface area contributed by atoms with E-state index < -0.39 is 0 Å². The molecule has 96 valence electrons. The Balaban J connectivity index is 2.14. The van der Waals surface area contributed by atoms with Crippen LogP contribution in [0.2, 0.25) is 5.02 Å². The monoisotopic (exact) mass is 264 g/mol. The van der Waals surface area contributed by atoms with Gasteiger partial charge >= 0.3 is 0 Å². The predicted molar refractivity (Wildman–Crippen MR) is 72.6 cm³/mol. The van der Waals surface area contributed by atoms with E-state index in [1.165, 1.54) is 5.56 Å². The van der Waals surface area contributed by atoms with E-state index in [0.29, 0.717) is 5.02 Å². The molecular formula is C13H17ClN4. The first-order valence-corrected chi connectivity index (χ1v) is 6.39. The fourth-order valence-corrected chi connectivity index (χ4v) is 2.05. The third-order valence-corrected chi connectivity index (χ3v) is 2.98. The zero-order valence-corrected chi connectivity index (χ0v) is 11.4. The fourth-order valence-electron chi connectivity index (χ4n) is 1.93. The van der Waals surface area contributed by atoms with Crippen molar-refractivity contribution in [1.29, 1.82) is 0 Å². The van der Waals surface area contributed by atoms with Gasteiger partial charge in [0.05, 0.1) is 23.0 Å². The molecule has 4 nitrogen and oxygen atoms in total. The molecule has 0 saturated carbocycles. The van der Waals surface area contributed by atoms with E-state index in [-0.39, 0.29) is 6.04 Å². The highest BCUT2D eigenvalue weighted by Crippen LogP contribution is 2.17. The summed E-state index contributed by atoms with van der Waals surface area (Å²) in [7, 11) is 1.92. The molecule has 2 rings (SSSR count). The summed E-state index contributed by atoms with van der Waals surface area (Å²) in [5, 5.41) is 8.28. The second-order valence-electron chi connectivity index (χ2n) is 4.24. The molecule has 2 aromatic rings. The molecule has 0 bridgehead atoms. The van der Waals surface area contributed by atoms with Crippen LogP contribution >= 0.6 is 11.6 Å². The van der Waals surface area contributed by atoms with Crippen molar-refractivity contribution in [1.82, 2.24) is 20.1 Å². The minimum absolute atomic E-state index is 0.191. The molecule has 0 aromatic carbocycles. The molecule has 2 heterocycles. The van der Waals surface area contributed by atoms with Crippen molar-refractivity contribution in [2.24, 2.45) is 7.05 Å². The van der Waals surface area contributed by atoms with Gasteiger partial charge < -0.3 is 5.32 Å². The van der Waals surface area contributed by atoms with Crippen LogP contribution < -0.4 is 5.32 Å². The SMILES string of the molecule is CCNC(Cc1cnn(C)c1)c1ccc(Cl)cn1. The summed E-state index contributed by atoms with van der Waals surface area (Å²) in [5.74, 6) is 0. The first kappa shape index (κ1) is 13.1. The van der Waals surface area contributed by atoms with E-state index in [0.717, 1.165) is 18.7 Å². The molecule has 0 spiro atoms. The summed E-state index contributed by atoms with van der Waals surface area (Å²) >= 11 is 5.86. The zero-order chi connectivity index (χ0) is 13.0. The van der Waals surface area contributed by atoms with E-state index in [9.17, 15) is 0 Å². The molecule has 0 aliphatic heterocycles. The van der Waals surface area contributed by atoms with Gasteiger partial charge in [-0.1, -0.05) is 18.5 Å². The Morgan fingerprint density at radius 2 is 2.22 bits per heavy atom. The van der Waals surface area contributed by atoms with Crippen molar-refractivity contribution in [2.75, 3.05) is 6.54 Å². The van der Waals surface area contributed by atoms with Gasteiger partial charge in [0.25, 0.3) is 0 Å². The lowest BCUT2D eigenvalue weighted by atomic mass is 10.1. The molecule has 0 aliphatic rings. The Morgan fingerprint density at radius 1 is 1.39 bits per heavy atom. The van der Waals surface area contributed by atoms with Crippen molar-refractivity contribution < 1.29 is 0 Å². The molecule has 1 unspecified atom stereocenters. The lowest BCUT2D eigenvalue weighted by molar-refractivity contribution is 0.536. The highest BCUT2D eigenvalue weighted by molar-refractivity contribution is 6.30. The Morgan fingerprint density at radius 3 is 2.78 bits per heavy atom. The summed E-state index contributed by atoms with van der Waals surface area (Å²) in [6.07, 6.45) is 6.47. The smallest absolute Gasteiger partial charge is 0.0589 e. The maximum absolute atomic E-state index is 5.86. The minimum atomic E-state index is 0.191. The van der Waals surface area contributed by atoms with E-state index in [4.69, 9.17) is 11.6 Å². The Hall–Kier alpha value is -1.39. The van der Waals surface area contributed by atoms with Crippen molar-refractivity contribution in [2.45, 2.75) is 19.4 Å². The van der Waals surface area contributed by atoms with Crippen LogP contribution in [0, 0.1) is 0 Å². The van der Waals surface area contributed by atoms with Crippen LogP contribution in [0.25, 0.3) is 0 Å². The standard InChI is InChI=1S/C13H17ClN4/c1-3-15-13(6-10-7-17-18(2)9-10)12-5-4-11(14)8-16-12/h4-5,7-9,13,15H,3,6H2,1-2H3. The Kier molecular flexibility index (Phi) is 4.33. The molecule has 0 amide bonds. The van der Waals surface area contributed by atoms with Gasteiger partial charge in [0.15, 0.2) is 0 Å². The molecule has 1 N–H and O–H groups in total. The lowest BCUT2D eigenvalue weighted by Crippen LogP contribution is -2.23. The number of likely N-dealkylation sites (N-methyl/N-ethyl adjacent to an activating group) is 1. The van der Waals surface area contributed by atoms with E-state index in [1.54, 1.807) is 6.20 Å². The third kappa shape index (κ3) is 3.31. The largest absolute Gasteiger partial charge is 0.309 e. The van der Waals surface area contributed by atoms with Gasteiger partial charge in [-0.3, -0.25) is 9.67 Å². The molecular weight excluding hydrogens is 248 g/mol. The number of aryl methyl sites for hydroxylation is 1. The average Bonchev–Trinajstić information content (AvgIpc) is 2.75. The molecule has 18 heavy (non-hydrogen) atoms. The molecule has 0 aliphatic carbocycles. The van der Waals surface area contributed by atoms with Gasteiger partial charge in [-0.15, -0.1) is 0 Å². The number of halogens is 1. The van der Waals surface area contributed by atoms with Crippen LogP contribution in [0.15, 0.2) is 30.7 Å². The van der Waals surface area contributed by atoms with Crippen LogP contribution in [0.4, 0.5) is 0 Å². The highest BCUT2D eigenvalue weighted by atomic mass is 35.5. The number of rotatable bonds is 5. The molecule has 0 radical (unpaired) electrons. The first-order chi connectivity index (χ1) is 8.69. The number of aromatic nitrogens is 3. The number of nitrogens with one attached hydrogen (secondary N) is 1. The van der Waals surface area contributed by atoms with Crippen LogP contribution in [0.5, 0.6) is 0 Å². The van der Waals surface area contributed by atoms with Crippen LogP contribution in [0.1, 0.15) is 24.2 Å². The summed E-state index contributed by atoms with van der Waals surface area (Å²) in [6.45, 7) is 2.99. The predicted octanol–water partition coefficient (Wildman–Crippen LogP) is 2.36. The maximum atomic E-state index is 5.86. The van der Waals surface area contributed by atoms with Crippen LogP contribution in [0.3, 0.4) is 0 Å². The third-order valence-electron chi connectivity index (χ3n) is 2.76. The van der Waals surface area contributed by atoms with Crippen molar-refractivity contribution in [3.63, 3.8) is 0 Å². The van der Waals surface area contributed by atoms with Crippen molar-refractivity contribution in [3.8, 4) is 0 Å². The number of nitrogens with zero attached hydrogens (tertiary/aromatic N) is 3. The van der Waals surface area contributed by atoms with E-state index in [2.05, 4.69) is 22.3 Å². The number of hydrogen-bond acceptors (Lipinski definition) is 3. The van der Waals surface area contributed by atoms with E-state index >= 15 is 0 Å². The second-order valence-corrected chi connectivity index (χ2v) is 4.67. The molecule has 2 aromatic heterocycles. The van der Waals surface area contributed by atoms with Gasteiger partial charge in [0, 0.05) is 19.4 Å². The molecule has 0 saturated heterocycles. The quantitative estimate of drug-likeness (QED) is 0.902. The summed E-state index contributed by atoms with van der Waals surface area (Å²) in [5.41, 5.74) is 2.20. The number of hydrogen-bond donors (Lipinski definition) is 1. The van der Waals surface area contributed by atoms with Gasteiger partial charge in [-0.25, -0.2) is 0 Å². The van der Waals surface area contributed by atoms with Crippen molar-refractivity contribution >= 4 is 11.6 Å². The second kappa shape index (κ2) is 5.98. The molecule has 0 fully saturated rings. The summed E-state index contributed by atoms with van der Waals surface area (Å²) in [4.78, 5) is 4.38. The lowest BCUT2D eigenvalue weighted by Gasteiger charge is -2.16. The topological polar surface area (TPSA) is 42.7 Å². The maximum Gasteiger partial charge on any atom is 0.0589 e. The first-order valence-electron chi connectivity index (χ1n) is 6.01. The van der Waals surface area contributed by atoms with Crippen molar-refractivity contribution in [3.05, 3.63) is 47.0 Å².